The van der Waals surface area contributed by atoms with Gasteiger partial charge in [-0.05, 0) is 43.3 Å². The highest BCUT2D eigenvalue weighted by Gasteiger charge is 2.02. The van der Waals surface area contributed by atoms with Crippen molar-refractivity contribution >= 4 is 0 Å². The third kappa shape index (κ3) is 4.61. The number of aryl methyl sites for hydroxylation is 1. The Morgan fingerprint density at radius 3 is 1.77 bits per heavy atom. The molecule has 0 aliphatic heterocycles. The molecule has 0 amide bonds. The summed E-state index contributed by atoms with van der Waals surface area (Å²) < 4.78 is 13.2. The molecule has 3 heteroatoms. The lowest BCUT2D eigenvalue weighted by Crippen LogP contribution is -1.85. The number of hydrogen-bond donors (Lipinski definition) is 0. The van der Waals surface area contributed by atoms with Gasteiger partial charge in [-0.2, -0.15) is 0 Å². The zero-order chi connectivity index (χ0) is 18.2. The first-order valence-corrected chi connectivity index (χ1v) is 8.38. The maximum atomic E-state index is 13.2. The molecule has 0 aliphatic carbocycles. The molecule has 2 aromatic carbocycles. The molecule has 0 fully saturated rings. The Bertz CT molecular complexity index is 937. The molecule has 0 N–H and O–H groups in total. The fraction of sp³-hybridized carbons (Fsp3) is 0.0435. The van der Waals surface area contributed by atoms with Crippen LogP contribution in [0.5, 0.6) is 0 Å². The van der Waals surface area contributed by atoms with Crippen LogP contribution in [0.3, 0.4) is 0 Å². The molecule has 0 saturated carbocycles. The van der Waals surface area contributed by atoms with Crippen LogP contribution in [0.15, 0.2) is 97.3 Å². The minimum atomic E-state index is -0.235. The van der Waals surface area contributed by atoms with E-state index in [1.807, 2.05) is 36.5 Å². The van der Waals surface area contributed by atoms with Crippen LogP contribution in [0.4, 0.5) is 4.39 Å². The number of rotatable bonds is 2. The number of pyridine rings is 2. The molecular weight excluding hydrogens is 323 g/mol. The summed E-state index contributed by atoms with van der Waals surface area (Å²) >= 11 is 0. The topological polar surface area (TPSA) is 25.8 Å². The number of hydrogen-bond acceptors (Lipinski definition) is 2. The largest absolute Gasteiger partial charge is 0.256 e. The van der Waals surface area contributed by atoms with Gasteiger partial charge >= 0.3 is 0 Å². The smallest absolute Gasteiger partial charge is 0.132 e. The maximum absolute atomic E-state index is 13.2. The molecular formula is C23H19FN2. The maximum Gasteiger partial charge on any atom is 0.132 e. The summed E-state index contributed by atoms with van der Waals surface area (Å²) in [5.74, 6) is -0.235. The lowest BCUT2D eigenvalue weighted by atomic mass is 10.1. The Morgan fingerprint density at radius 2 is 1.19 bits per heavy atom. The van der Waals surface area contributed by atoms with Gasteiger partial charge in [0, 0.05) is 23.5 Å². The van der Waals surface area contributed by atoms with Crippen LogP contribution in [-0.4, -0.2) is 9.97 Å². The minimum Gasteiger partial charge on any atom is -0.256 e. The molecule has 0 saturated heterocycles. The Morgan fingerprint density at radius 1 is 0.615 bits per heavy atom. The number of benzene rings is 2. The molecule has 0 bridgehead atoms. The first-order chi connectivity index (χ1) is 12.7. The van der Waals surface area contributed by atoms with Crippen molar-refractivity contribution in [1.29, 1.82) is 0 Å². The quantitative estimate of drug-likeness (QED) is 0.450. The Hall–Kier alpha value is -3.33. The highest BCUT2D eigenvalue weighted by molar-refractivity contribution is 5.59. The monoisotopic (exact) mass is 342 g/mol. The molecule has 26 heavy (non-hydrogen) atoms. The normalized spacial score (nSPS) is 9.92. The number of nitrogens with zero attached hydrogens (tertiary/aromatic N) is 2. The van der Waals surface area contributed by atoms with Gasteiger partial charge in [-0.25, -0.2) is 4.39 Å². The zero-order valence-corrected chi connectivity index (χ0v) is 14.5. The predicted molar refractivity (Wildman–Crippen MR) is 104 cm³/mol. The molecule has 0 unspecified atom stereocenters. The lowest BCUT2D eigenvalue weighted by Gasteiger charge is -2.00. The van der Waals surface area contributed by atoms with Gasteiger partial charge in [0.15, 0.2) is 0 Å². The van der Waals surface area contributed by atoms with Gasteiger partial charge in [0.2, 0.25) is 0 Å². The lowest BCUT2D eigenvalue weighted by molar-refractivity contribution is 0.631. The summed E-state index contributed by atoms with van der Waals surface area (Å²) in [5.41, 5.74) is 4.69. The van der Waals surface area contributed by atoms with E-state index in [1.165, 1.54) is 17.2 Å². The van der Waals surface area contributed by atoms with Crippen LogP contribution in [0.25, 0.3) is 22.5 Å². The molecule has 4 rings (SSSR count). The van der Waals surface area contributed by atoms with E-state index < -0.39 is 0 Å². The molecule has 2 heterocycles. The van der Waals surface area contributed by atoms with Crippen molar-refractivity contribution in [2.45, 2.75) is 6.92 Å². The van der Waals surface area contributed by atoms with Crippen molar-refractivity contribution in [2.75, 3.05) is 0 Å². The third-order valence-corrected chi connectivity index (χ3v) is 3.83. The van der Waals surface area contributed by atoms with E-state index in [1.54, 1.807) is 30.5 Å². The average Bonchev–Trinajstić information content (AvgIpc) is 2.71. The highest BCUT2D eigenvalue weighted by Crippen LogP contribution is 2.19. The van der Waals surface area contributed by atoms with Crippen molar-refractivity contribution in [3.05, 3.63) is 109 Å². The van der Waals surface area contributed by atoms with Gasteiger partial charge in [0.05, 0.1) is 11.4 Å². The van der Waals surface area contributed by atoms with E-state index in [0.717, 1.165) is 5.69 Å². The van der Waals surface area contributed by atoms with Crippen molar-refractivity contribution in [1.82, 2.24) is 9.97 Å². The van der Waals surface area contributed by atoms with E-state index in [-0.39, 0.29) is 5.82 Å². The SMILES string of the molecule is Cc1ccc(-c2ccccn2)cc1.Fc1ccccc1-c1ccccn1. The number of halogens is 1. The van der Waals surface area contributed by atoms with Gasteiger partial charge in [0.25, 0.3) is 0 Å². The van der Waals surface area contributed by atoms with E-state index in [2.05, 4.69) is 41.2 Å². The van der Waals surface area contributed by atoms with Crippen LogP contribution in [0.2, 0.25) is 0 Å². The van der Waals surface area contributed by atoms with Gasteiger partial charge in [-0.3, -0.25) is 9.97 Å². The second-order valence-corrected chi connectivity index (χ2v) is 5.78. The summed E-state index contributed by atoms with van der Waals surface area (Å²) in [5, 5.41) is 0. The zero-order valence-electron chi connectivity index (χ0n) is 14.5. The van der Waals surface area contributed by atoms with Crippen molar-refractivity contribution in [3.8, 4) is 22.5 Å². The molecule has 2 nitrogen and oxygen atoms in total. The molecule has 0 atom stereocenters. The predicted octanol–water partition coefficient (Wildman–Crippen LogP) is 5.94. The molecule has 2 aromatic heterocycles. The average molecular weight is 342 g/mol. The van der Waals surface area contributed by atoms with E-state index >= 15 is 0 Å². The summed E-state index contributed by atoms with van der Waals surface area (Å²) in [6.45, 7) is 2.09. The summed E-state index contributed by atoms with van der Waals surface area (Å²) in [6.07, 6.45) is 3.47. The third-order valence-electron chi connectivity index (χ3n) is 3.83. The van der Waals surface area contributed by atoms with Crippen LogP contribution >= 0.6 is 0 Å². The minimum absolute atomic E-state index is 0.235. The Balaban J connectivity index is 0.000000151. The first kappa shape index (κ1) is 17.5. The van der Waals surface area contributed by atoms with Crippen LogP contribution in [0, 0.1) is 12.7 Å². The fourth-order valence-electron chi connectivity index (χ4n) is 2.45. The molecule has 0 spiro atoms. The van der Waals surface area contributed by atoms with Crippen molar-refractivity contribution < 1.29 is 4.39 Å². The summed E-state index contributed by atoms with van der Waals surface area (Å²) in [4.78, 5) is 8.35. The van der Waals surface area contributed by atoms with Crippen LogP contribution < -0.4 is 0 Å². The molecule has 4 aromatic rings. The van der Waals surface area contributed by atoms with Gasteiger partial charge in [-0.1, -0.05) is 54.1 Å². The van der Waals surface area contributed by atoms with Crippen molar-refractivity contribution in [3.63, 3.8) is 0 Å². The second-order valence-electron chi connectivity index (χ2n) is 5.78. The van der Waals surface area contributed by atoms with Gasteiger partial charge in [0.1, 0.15) is 5.82 Å². The second kappa shape index (κ2) is 8.67. The summed E-state index contributed by atoms with van der Waals surface area (Å²) in [6, 6.07) is 26.4. The first-order valence-electron chi connectivity index (χ1n) is 8.38. The molecule has 128 valence electrons. The van der Waals surface area contributed by atoms with E-state index in [0.29, 0.717) is 11.3 Å². The van der Waals surface area contributed by atoms with Crippen molar-refractivity contribution in [2.24, 2.45) is 0 Å². The van der Waals surface area contributed by atoms with Gasteiger partial charge in [-0.15, -0.1) is 0 Å². The highest BCUT2D eigenvalue weighted by atomic mass is 19.1. The molecule has 0 radical (unpaired) electrons. The van der Waals surface area contributed by atoms with E-state index in [9.17, 15) is 4.39 Å². The van der Waals surface area contributed by atoms with E-state index in [4.69, 9.17) is 0 Å². The fourth-order valence-corrected chi connectivity index (χ4v) is 2.45. The number of aromatic nitrogens is 2. The van der Waals surface area contributed by atoms with Crippen LogP contribution in [0.1, 0.15) is 5.56 Å². The Labute approximate surface area is 153 Å². The summed E-state index contributed by atoms with van der Waals surface area (Å²) in [7, 11) is 0. The standard InChI is InChI=1S/C12H11N.C11H8FN/c1-10-5-7-11(8-6-10)12-4-2-3-9-13-12;12-10-6-2-1-5-9(10)11-7-3-4-8-13-11/h2-9H,1H3;1-8H. The molecule has 0 aliphatic rings. The van der Waals surface area contributed by atoms with Crippen LogP contribution in [-0.2, 0) is 0 Å². The Kier molecular flexibility index (Phi) is 5.84. The van der Waals surface area contributed by atoms with Gasteiger partial charge < -0.3 is 0 Å².